The van der Waals surface area contributed by atoms with Crippen LogP contribution in [0.4, 0.5) is 0 Å². The van der Waals surface area contributed by atoms with Gasteiger partial charge in [-0.25, -0.2) is 0 Å². The third-order valence-corrected chi connectivity index (χ3v) is 9.65. The predicted molar refractivity (Wildman–Crippen MR) is 224 cm³/mol. The first-order chi connectivity index (χ1) is 26.0. The molecule has 0 rings (SSSR count). The van der Waals surface area contributed by atoms with E-state index in [0.717, 1.165) is 70.6 Å². The molecule has 0 aliphatic rings. The molecule has 0 heterocycles. The second-order valence-electron chi connectivity index (χ2n) is 15.0. The van der Waals surface area contributed by atoms with Gasteiger partial charge in [0.15, 0.2) is 6.10 Å². The Morgan fingerprint density at radius 2 is 0.698 bits per heavy atom. The first-order valence-electron chi connectivity index (χ1n) is 22.5. The van der Waals surface area contributed by atoms with Crippen molar-refractivity contribution in [2.24, 2.45) is 0 Å². The lowest BCUT2D eigenvalue weighted by Gasteiger charge is -2.18. The van der Waals surface area contributed by atoms with Crippen LogP contribution < -0.4 is 0 Å². The van der Waals surface area contributed by atoms with Crippen LogP contribution in [0, 0.1) is 0 Å². The van der Waals surface area contributed by atoms with E-state index >= 15 is 0 Å². The van der Waals surface area contributed by atoms with Crippen LogP contribution in [0.2, 0.25) is 0 Å². The SMILES string of the molecule is CCCC/C=C\C=C/CCCCCC(=O)OC(COC(=O)CCCCCCCCC/C=C\CCCCCC)COC(=O)CCCCCCCCCCC. The van der Waals surface area contributed by atoms with Gasteiger partial charge in [0.2, 0.25) is 0 Å². The predicted octanol–water partition coefficient (Wildman–Crippen LogP) is 14.2. The third kappa shape index (κ3) is 40.6. The monoisotopic (exact) mass is 745 g/mol. The lowest BCUT2D eigenvalue weighted by Crippen LogP contribution is -2.30. The normalized spacial score (nSPS) is 12.3. The highest BCUT2D eigenvalue weighted by molar-refractivity contribution is 5.71. The molecule has 0 fully saturated rings. The zero-order valence-corrected chi connectivity index (χ0v) is 35.0. The van der Waals surface area contributed by atoms with Gasteiger partial charge in [-0.1, -0.05) is 179 Å². The molecule has 0 saturated carbocycles. The Bertz CT molecular complexity index is 907. The maximum Gasteiger partial charge on any atom is 0.306 e. The molecule has 308 valence electrons. The van der Waals surface area contributed by atoms with Crippen molar-refractivity contribution in [2.75, 3.05) is 13.2 Å². The molecule has 0 aromatic heterocycles. The average molecular weight is 745 g/mol. The van der Waals surface area contributed by atoms with E-state index in [-0.39, 0.29) is 31.1 Å². The van der Waals surface area contributed by atoms with E-state index < -0.39 is 6.10 Å². The minimum absolute atomic E-state index is 0.0827. The van der Waals surface area contributed by atoms with E-state index in [4.69, 9.17) is 14.2 Å². The van der Waals surface area contributed by atoms with Gasteiger partial charge in [-0.2, -0.15) is 0 Å². The molecule has 0 aromatic carbocycles. The molecule has 0 bridgehead atoms. The second kappa shape index (κ2) is 42.4. The number of rotatable bonds is 40. The Balaban J connectivity index is 4.36. The van der Waals surface area contributed by atoms with Crippen LogP contribution >= 0.6 is 0 Å². The summed E-state index contributed by atoms with van der Waals surface area (Å²) < 4.78 is 16.6. The number of unbranched alkanes of at least 4 members (excludes halogenated alkanes) is 24. The first-order valence-corrected chi connectivity index (χ1v) is 22.5. The summed E-state index contributed by atoms with van der Waals surface area (Å²) in [6, 6.07) is 0. The Labute approximate surface area is 327 Å². The summed E-state index contributed by atoms with van der Waals surface area (Å²) in [7, 11) is 0. The van der Waals surface area contributed by atoms with Crippen molar-refractivity contribution in [3.05, 3.63) is 36.5 Å². The van der Waals surface area contributed by atoms with Crippen molar-refractivity contribution < 1.29 is 28.6 Å². The van der Waals surface area contributed by atoms with E-state index in [1.807, 2.05) is 0 Å². The molecule has 1 atom stereocenters. The molecule has 0 aliphatic carbocycles. The van der Waals surface area contributed by atoms with E-state index in [2.05, 4.69) is 57.2 Å². The van der Waals surface area contributed by atoms with Gasteiger partial charge in [0.1, 0.15) is 13.2 Å². The van der Waals surface area contributed by atoms with Crippen molar-refractivity contribution in [2.45, 2.75) is 232 Å². The molecule has 6 nitrogen and oxygen atoms in total. The van der Waals surface area contributed by atoms with E-state index in [9.17, 15) is 14.4 Å². The lowest BCUT2D eigenvalue weighted by atomic mass is 10.1. The van der Waals surface area contributed by atoms with Gasteiger partial charge in [0.25, 0.3) is 0 Å². The molecule has 0 N–H and O–H groups in total. The highest BCUT2D eigenvalue weighted by atomic mass is 16.6. The molecule has 6 heteroatoms. The van der Waals surface area contributed by atoms with Crippen molar-refractivity contribution in [3.63, 3.8) is 0 Å². The van der Waals surface area contributed by atoms with Crippen LogP contribution in [0.5, 0.6) is 0 Å². The van der Waals surface area contributed by atoms with Crippen LogP contribution in [0.3, 0.4) is 0 Å². The molecular formula is C47H84O6. The fourth-order valence-electron chi connectivity index (χ4n) is 6.18. The van der Waals surface area contributed by atoms with Crippen molar-refractivity contribution in [1.29, 1.82) is 0 Å². The highest BCUT2D eigenvalue weighted by Crippen LogP contribution is 2.14. The summed E-state index contributed by atoms with van der Waals surface area (Å²) in [5.41, 5.74) is 0. The van der Waals surface area contributed by atoms with Gasteiger partial charge in [0.05, 0.1) is 0 Å². The number of hydrogen-bond acceptors (Lipinski definition) is 6. The zero-order valence-electron chi connectivity index (χ0n) is 35.0. The van der Waals surface area contributed by atoms with Crippen molar-refractivity contribution >= 4 is 17.9 Å². The Hall–Kier alpha value is -2.37. The standard InChI is InChI=1S/C47H84O6/c1-4-7-10-13-16-19-21-22-23-24-26-28-31-34-37-40-46(49)52-43-44(42-51-45(48)39-36-33-30-27-18-15-12-9-6-3)53-47(50)41-38-35-32-29-25-20-17-14-11-8-5-2/h14,17,19-21,25,44H,4-13,15-16,18,22-24,26-43H2,1-3H3/b17-14-,21-19-,25-20-. The Morgan fingerprint density at radius 1 is 0.377 bits per heavy atom. The molecular weight excluding hydrogens is 661 g/mol. The van der Waals surface area contributed by atoms with Crippen LogP contribution in [0.25, 0.3) is 0 Å². The highest BCUT2D eigenvalue weighted by Gasteiger charge is 2.19. The number of hydrogen-bond donors (Lipinski definition) is 0. The number of carbonyl (C=O) groups is 3. The number of ether oxygens (including phenoxy) is 3. The van der Waals surface area contributed by atoms with Crippen molar-refractivity contribution in [1.82, 2.24) is 0 Å². The number of carbonyl (C=O) groups excluding carboxylic acids is 3. The quantitative estimate of drug-likeness (QED) is 0.0204. The molecule has 1 unspecified atom stereocenters. The first kappa shape index (κ1) is 50.6. The summed E-state index contributed by atoms with van der Waals surface area (Å²) in [5.74, 6) is -0.918. The minimum atomic E-state index is -0.781. The van der Waals surface area contributed by atoms with Gasteiger partial charge in [-0.05, 0) is 64.2 Å². The van der Waals surface area contributed by atoms with Gasteiger partial charge < -0.3 is 14.2 Å². The summed E-state index contributed by atoms with van der Waals surface area (Å²) in [4.78, 5) is 37.6. The summed E-state index contributed by atoms with van der Waals surface area (Å²) in [5, 5.41) is 0. The van der Waals surface area contributed by atoms with E-state index in [1.54, 1.807) is 0 Å². The fourth-order valence-corrected chi connectivity index (χ4v) is 6.18. The number of esters is 3. The van der Waals surface area contributed by atoms with Gasteiger partial charge in [0, 0.05) is 19.3 Å². The van der Waals surface area contributed by atoms with Crippen LogP contribution in [0.15, 0.2) is 36.5 Å². The summed E-state index contributed by atoms with van der Waals surface area (Å²) >= 11 is 0. The van der Waals surface area contributed by atoms with Crippen molar-refractivity contribution in [3.8, 4) is 0 Å². The Kier molecular flexibility index (Phi) is 40.5. The molecule has 0 aromatic rings. The van der Waals surface area contributed by atoms with E-state index in [0.29, 0.717) is 19.3 Å². The Morgan fingerprint density at radius 3 is 1.15 bits per heavy atom. The minimum Gasteiger partial charge on any atom is -0.462 e. The molecule has 0 saturated heterocycles. The lowest BCUT2D eigenvalue weighted by molar-refractivity contribution is -0.167. The second-order valence-corrected chi connectivity index (χ2v) is 15.0. The molecule has 0 radical (unpaired) electrons. The molecule has 0 aliphatic heterocycles. The van der Waals surface area contributed by atoms with E-state index in [1.165, 1.54) is 116 Å². The van der Waals surface area contributed by atoms with Gasteiger partial charge >= 0.3 is 17.9 Å². The summed E-state index contributed by atoms with van der Waals surface area (Å²) in [6.07, 6.45) is 47.0. The van der Waals surface area contributed by atoms with Crippen LogP contribution in [-0.2, 0) is 28.6 Å². The molecule has 53 heavy (non-hydrogen) atoms. The largest absolute Gasteiger partial charge is 0.462 e. The fraction of sp³-hybridized carbons (Fsp3) is 0.809. The zero-order chi connectivity index (χ0) is 38.7. The third-order valence-electron chi connectivity index (χ3n) is 9.65. The van der Waals surface area contributed by atoms with Gasteiger partial charge in [-0.3, -0.25) is 14.4 Å². The molecule has 0 spiro atoms. The molecule has 0 amide bonds. The number of allylic oxidation sites excluding steroid dienone is 6. The average Bonchev–Trinajstić information content (AvgIpc) is 3.15. The topological polar surface area (TPSA) is 78.9 Å². The smallest absolute Gasteiger partial charge is 0.306 e. The van der Waals surface area contributed by atoms with Gasteiger partial charge in [-0.15, -0.1) is 0 Å². The maximum atomic E-state index is 12.7. The summed E-state index contributed by atoms with van der Waals surface area (Å²) in [6.45, 7) is 6.52. The van der Waals surface area contributed by atoms with Crippen LogP contribution in [0.1, 0.15) is 226 Å². The van der Waals surface area contributed by atoms with Crippen LogP contribution in [-0.4, -0.2) is 37.2 Å². The maximum absolute atomic E-state index is 12.7.